The molecule has 0 aromatic heterocycles. The molecular formula is C26H24N2O2. The predicted octanol–water partition coefficient (Wildman–Crippen LogP) is 5.11. The summed E-state index contributed by atoms with van der Waals surface area (Å²) in [5, 5.41) is 0. The van der Waals surface area contributed by atoms with E-state index in [1.54, 1.807) is 0 Å². The van der Waals surface area contributed by atoms with Gasteiger partial charge in [-0.05, 0) is 55.7 Å². The van der Waals surface area contributed by atoms with Gasteiger partial charge in [-0.2, -0.15) is 0 Å². The zero-order valence-corrected chi connectivity index (χ0v) is 17.4. The van der Waals surface area contributed by atoms with Crippen LogP contribution in [0.5, 0.6) is 0 Å². The van der Waals surface area contributed by atoms with Gasteiger partial charge >= 0.3 is 0 Å². The highest BCUT2D eigenvalue weighted by Crippen LogP contribution is 2.37. The maximum atomic E-state index is 13.7. The smallest absolute Gasteiger partial charge is 0.282 e. The first-order valence-corrected chi connectivity index (χ1v) is 10.1. The third-order valence-electron chi connectivity index (χ3n) is 5.38. The van der Waals surface area contributed by atoms with E-state index in [9.17, 15) is 9.59 Å². The second-order valence-corrected chi connectivity index (χ2v) is 7.41. The molecule has 0 saturated heterocycles. The van der Waals surface area contributed by atoms with Gasteiger partial charge in [0.2, 0.25) is 0 Å². The molecule has 0 fully saturated rings. The van der Waals surface area contributed by atoms with Gasteiger partial charge in [0, 0.05) is 12.2 Å². The van der Waals surface area contributed by atoms with E-state index in [-0.39, 0.29) is 11.8 Å². The minimum absolute atomic E-state index is 0.288. The van der Waals surface area contributed by atoms with Crippen LogP contribution in [-0.2, 0) is 9.59 Å². The van der Waals surface area contributed by atoms with Gasteiger partial charge in [-0.25, -0.2) is 4.90 Å². The summed E-state index contributed by atoms with van der Waals surface area (Å²) in [6.07, 6.45) is 0. The van der Waals surface area contributed by atoms with E-state index in [1.165, 1.54) is 4.90 Å². The SMILES string of the molecule is CCN(C1=C(c2ccccc2)C(=O)N(c2cc(C)ccc2C)C1=O)c1ccccc1. The quantitative estimate of drug-likeness (QED) is 0.563. The maximum Gasteiger partial charge on any atom is 0.282 e. The molecule has 1 aliphatic heterocycles. The fourth-order valence-electron chi connectivity index (χ4n) is 3.89. The Labute approximate surface area is 177 Å². The van der Waals surface area contributed by atoms with E-state index < -0.39 is 0 Å². The molecule has 0 aliphatic carbocycles. The number of amides is 2. The molecule has 0 saturated carbocycles. The number of benzene rings is 3. The van der Waals surface area contributed by atoms with Crippen molar-refractivity contribution in [3.63, 3.8) is 0 Å². The van der Waals surface area contributed by atoms with E-state index in [2.05, 4.69) is 0 Å². The number of nitrogens with zero attached hydrogens (tertiary/aromatic N) is 2. The molecule has 0 spiro atoms. The van der Waals surface area contributed by atoms with Crippen LogP contribution in [0.1, 0.15) is 23.6 Å². The summed E-state index contributed by atoms with van der Waals surface area (Å²) < 4.78 is 0. The van der Waals surface area contributed by atoms with E-state index in [0.717, 1.165) is 22.4 Å². The standard InChI is InChI=1S/C26H24N2O2/c1-4-27(21-13-9-6-10-14-21)24-23(20-11-7-5-8-12-20)25(29)28(26(24)30)22-17-18(2)15-16-19(22)3/h5-17H,4H2,1-3H3. The first kappa shape index (κ1) is 19.6. The lowest BCUT2D eigenvalue weighted by Crippen LogP contribution is -2.35. The predicted molar refractivity (Wildman–Crippen MR) is 121 cm³/mol. The first-order valence-electron chi connectivity index (χ1n) is 10.1. The van der Waals surface area contributed by atoms with Gasteiger partial charge in [-0.3, -0.25) is 9.59 Å². The molecule has 3 aromatic rings. The molecule has 3 aromatic carbocycles. The van der Waals surface area contributed by atoms with Crippen molar-refractivity contribution in [2.45, 2.75) is 20.8 Å². The van der Waals surface area contributed by atoms with Crippen molar-refractivity contribution >= 4 is 28.8 Å². The number of carbonyl (C=O) groups is 2. The minimum Gasteiger partial charge on any atom is -0.337 e. The van der Waals surface area contributed by atoms with Crippen molar-refractivity contribution in [3.8, 4) is 0 Å². The third-order valence-corrected chi connectivity index (χ3v) is 5.38. The number of likely N-dealkylation sites (N-methyl/N-ethyl adjacent to an activating group) is 1. The number of carbonyl (C=O) groups excluding carboxylic acids is 2. The molecule has 0 radical (unpaired) electrons. The van der Waals surface area contributed by atoms with Gasteiger partial charge < -0.3 is 4.90 Å². The normalized spacial score (nSPS) is 13.9. The number of hydrogen-bond donors (Lipinski definition) is 0. The zero-order valence-electron chi connectivity index (χ0n) is 17.4. The summed E-state index contributed by atoms with van der Waals surface area (Å²) in [7, 11) is 0. The number of imide groups is 1. The second kappa shape index (κ2) is 7.99. The van der Waals surface area contributed by atoms with Gasteiger partial charge in [-0.15, -0.1) is 0 Å². The molecule has 150 valence electrons. The average molecular weight is 396 g/mol. The van der Waals surface area contributed by atoms with E-state index in [4.69, 9.17) is 0 Å². The molecule has 0 unspecified atom stereocenters. The zero-order chi connectivity index (χ0) is 21.3. The molecule has 0 bridgehead atoms. The van der Waals surface area contributed by atoms with Crippen LogP contribution in [0.2, 0.25) is 0 Å². The lowest BCUT2D eigenvalue weighted by atomic mass is 10.0. The Hall–Kier alpha value is -3.66. The van der Waals surface area contributed by atoms with Crippen molar-refractivity contribution < 1.29 is 9.59 Å². The average Bonchev–Trinajstić information content (AvgIpc) is 3.02. The maximum absolute atomic E-state index is 13.7. The first-order chi connectivity index (χ1) is 14.5. The fraction of sp³-hybridized carbons (Fsp3) is 0.154. The summed E-state index contributed by atoms with van der Waals surface area (Å²) in [6.45, 7) is 6.43. The highest BCUT2D eigenvalue weighted by Gasteiger charge is 2.43. The van der Waals surface area contributed by atoms with Crippen LogP contribution < -0.4 is 9.80 Å². The van der Waals surface area contributed by atoms with Crippen molar-refractivity contribution in [1.29, 1.82) is 0 Å². The fourth-order valence-corrected chi connectivity index (χ4v) is 3.89. The largest absolute Gasteiger partial charge is 0.337 e. The minimum atomic E-state index is -0.293. The molecule has 0 N–H and O–H groups in total. The third kappa shape index (κ3) is 3.30. The Bertz CT molecular complexity index is 1130. The van der Waals surface area contributed by atoms with Crippen molar-refractivity contribution in [1.82, 2.24) is 0 Å². The monoisotopic (exact) mass is 396 g/mol. The Balaban J connectivity index is 1.93. The molecular weight excluding hydrogens is 372 g/mol. The number of rotatable bonds is 5. The molecule has 4 rings (SSSR count). The van der Waals surface area contributed by atoms with Crippen LogP contribution in [0.4, 0.5) is 11.4 Å². The number of anilines is 2. The van der Waals surface area contributed by atoms with Gasteiger partial charge in [0.05, 0.1) is 11.3 Å². The van der Waals surface area contributed by atoms with E-state index in [0.29, 0.717) is 23.5 Å². The summed E-state index contributed by atoms with van der Waals surface area (Å²) in [5.41, 5.74) is 5.01. The van der Waals surface area contributed by atoms with Gasteiger partial charge in [0.15, 0.2) is 0 Å². The Kier molecular flexibility index (Phi) is 5.23. The van der Waals surface area contributed by atoms with E-state index >= 15 is 0 Å². The van der Waals surface area contributed by atoms with Crippen LogP contribution in [0.25, 0.3) is 5.57 Å². The topological polar surface area (TPSA) is 40.6 Å². The second-order valence-electron chi connectivity index (χ2n) is 7.41. The molecule has 1 heterocycles. The number of hydrogen-bond acceptors (Lipinski definition) is 3. The van der Waals surface area contributed by atoms with Crippen LogP contribution in [0.15, 0.2) is 84.6 Å². The Morgan fingerprint density at radius 2 is 1.43 bits per heavy atom. The summed E-state index contributed by atoms with van der Waals surface area (Å²) >= 11 is 0. The molecule has 30 heavy (non-hydrogen) atoms. The van der Waals surface area contributed by atoms with Crippen LogP contribution in [0, 0.1) is 13.8 Å². The van der Waals surface area contributed by atoms with Gasteiger partial charge in [0.25, 0.3) is 11.8 Å². The summed E-state index contributed by atoms with van der Waals surface area (Å²) in [4.78, 5) is 30.7. The van der Waals surface area contributed by atoms with Crippen LogP contribution in [0.3, 0.4) is 0 Å². The van der Waals surface area contributed by atoms with Crippen LogP contribution in [-0.4, -0.2) is 18.4 Å². The van der Waals surface area contributed by atoms with Crippen LogP contribution >= 0.6 is 0 Å². The summed E-state index contributed by atoms with van der Waals surface area (Å²) in [5.74, 6) is -0.581. The summed E-state index contributed by atoms with van der Waals surface area (Å²) in [6, 6.07) is 25.0. The van der Waals surface area contributed by atoms with Crippen molar-refractivity contribution in [2.75, 3.05) is 16.3 Å². The highest BCUT2D eigenvalue weighted by atomic mass is 16.2. The van der Waals surface area contributed by atoms with Crippen molar-refractivity contribution in [3.05, 3.63) is 101 Å². The van der Waals surface area contributed by atoms with Gasteiger partial charge in [-0.1, -0.05) is 60.7 Å². The van der Waals surface area contributed by atoms with Gasteiger partial charge in [0.1, 0.15) is 5.70 Å². The van der Waals surface area contributed by atoms with E-state index in [1.807, 2.05) is 105 Å². The highest BCUT2D eigenvalue weighted by molar-refractivity contribution is 6.46. The molecule has 4 nitrogen and oxygen atoms in total. The lowest BCUT2D eigenvalue weighted by molar-refractivity contribution is -0.120. The Morgan fingerprint density at radius 1 is 0.800 bits per heavy atom. The van der Waals surface area contributed by atoms with Crippen molar-refractivity contribution in [2.24, 2.45) is 0 Å². The Morgan fingerprint density at radius 3 is 2.07 bits per heavy atom. The lowest BCUT2D eigenvalue weighted by Gasteiger charge is -2.25. The number of para-hydroxylation sites is 1. The molecule has 1 aliphatic rings. The molecule has 2 amide bonds. The number of aryl methyl sites for hydroxylation is 2. The molecule has 0 atom stereocenters. The molecule has 4 heteroatoms.